The Morgan fingerprint density at radius 3 is 2.62 bits per heavy atom. The number of carboxylic acids is 1. The van der Waals surface area contributed by atoms with E-state index in [1.165, 1.54) is 0 Å². The molecule has 0 aliphatic carbocycles. The van der Waals surface area contributed by atoms with E-state index >= 15 is 0 Å². The van der Waals surface area contributed by atoms with E-state index in [9.17, 15) is 4.79 Å². The lowest BCUT2D eigenvalue weighted by molar-refractivity contribution is 0.0691. The average molecular weight is 217 g/mol. The molecule has 0 unspecified atom stereocenters. The molecule has 5 heteroatoms. The fraction of sp³-hybridized carbons (Fsp3) is 0.182. The molecule has 1 aromatic heterocycles. The van der Waals surface area contributed by atoms with Crippen LogP contribution >= 0.6 is 0 Å². The van der Waals surface area contributed by atoms with Gasteiger partial charge in [0, 0.05) is 12.1 Å². The lowest BCUT2D eigenvalue weighted by atomic mass is 10.1. The molecule has 1 N–H and O–H groups in total. The molecular formula is C11H11N3O2. The van der Waals surface area contributed by atoms with E-state index in [-0.39, 0.29) is 5.69 Å². The molecule has 2 rings (SSSR count). The summed E-state index contributed by atoms with van der Waals surface area (Å²) in [6, 6.07) is 9.28. The molecule has 0 aliphatic heterocycles. The highest BCUT2D eigenvalue weighted by Crippen LogP contribution is 2.21. The molecule has 2 aromatic rings. The fourth-order valence-corrected chi connectivity index (χ4v) is 1.56. The summed E-state index contributed by atoms with van der Waals surface area (Å²) >= 11 is 0. The van der Waals surface area contributed by atoms with E-state index in [0.29, 0.717) is 12.2 Å². The molecule has 0 atom stereocenters. The first-order valence-corrected chi connectivity index (χ1v) is 4.96. The Bertz CT molecular complexity index is 505. The van der Waals surface area contributed by atoms with E-state index in [0.717, 1.165) is 5.56 Å². The summed E-state index contributed by atoms with van der Waals surface area (Å²) in [7, 11) is 0. The minimum atomic E-state index is -1.06. The van der Waals surface area contributed by atoms with Crippen molar-refractivity contribution in [3.05, 3.63) is 36.0 Å². The Labute approximate surface area is 92.3 Å². The van der Waals surface area contributed by atoms with Crippen LogP contribution in [0.3, 0.4) is 0 Å². The first-order valence-electron chi connectivity index (χ1n) is 4.96. The fourth-order valence-electron chi connectivity index (χ4n) is 1.56. The third kappa shape index (κ3) is 1.67. The van der Waals surface area contributed by atoms with Crippen molar-refractivity contribution in [1.82, 2.24) is 15.0 Å². The predicted molar refractivity (Wildman–Crippen MR) is 58.1 cm³/mol. The molecule has 1 heterocycles. The molecule has 16 heavy (non-hydrogen) atoms. The van der Waals surface area contributed by atoms with E-state index in [1.54, 1.807) is 4.68 Å². The van der Waals surface area contributed by atoms with E-state index in [2.05, 4.69) is 10.3 Å². The highest BCUT2D eigenvalue weighted by atomic mass is 16.4. The van der Waals surface area contributed by atoms with Crippen LogP contribution in [-0.2, 0) is 6.54 Å². The number of nitrogens with zero attached hydrogens (tertiary/aromatic N) is 3. The zero-order valence-corrected chi connectivity index (χ0v) is 8.79. The standard InChI is InChI=1S/C11H11N3O2/c1-2-14-10(8-6-4-3-5-7-8)9(11(15)16)12-13-14/h3-7H,2H2,1H3,(H,15,16). The summed E-state index contributed by atoms with van der Waals surface area (Å²) in [5.74, 6) is -1.06. The number of rotatable bonds is 3. The molecule has 0 spiro atoms. The highest BCUT2D eigenvalue weighted by Gasteiger charge is 2.19. The zero-order chi connectivity index (χ0) is 11.5. The number of aryl methyl sites for hydroxylation is 1. The number of benzene rings is 1. The molecule has 0 saturated heterocycles. The second kappa shape index (κ2) is 4.14. The van der Waals surface area contributed by atoms with Gasteiger partial charge in [0.25, 0.3) is 0 Å². The van der Waals surface area contributed by atoms with Gasteiger partial charge in [-0.25, -0.2) is 9.48 Å². The number of aromatic carboxylic acids is 1. The third-order valence-electron chi connectivity index (χ3n) is 2.28. The molecule has 5 nitrogen and oxygen atoms in total. The summed E-state index contributed by atoms with van der Waals surface area (Å²) in [6.45, 7) is 2.48. The van der Waals surface area contributed by atoms with Crippen molar-refractivity contribution >= 4 is 5.97 Å². The quantitative estimate of drug-likeness (QED) is 0.849. The van der Waals surface area contributed by atoms with Gasteiger partial charge in [-0.3, -0.25) is 0 Å². The van der Waals surface area contributed by atoms with Crippen molar-refractivity contribution in [2.75, 3.05) is 0 Å². The summed E-state index contributed by atoms with van der Waals surface area (Å²) in [5.41, 5.74) is 1.36. The van der Waals surface area contributed by atoms with Crippen molar-refractivity contribution in [3.8, 4) is 11.3 Å². The van der Waals surface area contributed by atoms with Crippen LogP contribution in [0, 0.1) is 0 Å². The van der Waals surface area contributed by atoms with Gasteiger partial charge in [-0.05, 0) is 6.92 Å². The molecule has 82 valence electrons. The molecule has 0 bridgehead atoms. The third-order valence-corrected chi connectivity index (χ3v) is 2.28. The molecule has 0 fully saturated rings. The number of hydrogen-bond acceptors (Lipinski definition) is 3. The first-order chi connectivity index (χ1) is 7.74. The van der Waals surface area contributed by atoms with Crippen LogP contribution in [0.15, 0.2) is 30.3 Å². The Morgan fingerprint density at radius 1 is 1.38 bits per heavy atom. The second-order valence-corrected chi connectivity index (χ2v) is 3.27. The normalized spacial score (nSPS) is 10.3. The molecule has 0 saturated carbocycles. The van der Waals surface area contributed by atoms with Crippen molar-refractivity contribution in [2.45, 2.75) is 13.5 Å². The topological polar surface area (TPSA) is 68.0 Å². The maximum absolute atomic E-state index is 11.0. The molecular weight excluding hydrogens is 206 g/mol. The van der Waals surface area contributed by atoms with Crippen LogP contribution < -0.4 is 0 Å². The van der Waals surface area contributed by atoms with Crippen molar-refractivity contribution in [2.24, 2.45) is 0 Å². The van der Waals surface area contributed by atoms with Crippen molar-refractivity contribution in [3.63, 3.8) is 0 Å². The predicted octanol–water partition coefficient (Wildman–Crippen LogP) is 1.66. The lowest BCUT2D eigenvalue weighted by Gasteiger charge is -2.03. The molecule has 0 aliphatic rings. The summed E-state index contributed by atoms with van der Waals surface area (Å²) in [5, 5.41) is 16.5. The average Bonchev–Trinajstić information content (AvgIpc) is 2.73. The summed E-state index contributed by atoms with van der Waals surface area (Å²) < 4.78 is 1.58. The smallest absolute Gasteiger partial charge is 0.358 e. The van der Waals surface area contributed by atoms with Gasteiger partial charge in [-0.1, -0.05) is 35.5 Å². The zero-order valence-electron chi connectivity index (χ0n) is 8.79. The number of carbonyl (C=O) groups is 1. The second-order valence-electron chi connectivity index (χ2n) is 3.27. The van der Waals surface area contributed by atoms with Crippen LogP contribution in [-0.4, -0.2) is 26.1 Å². The molecule has 1 aromatic carbocycles. The Balaban J connectivity index is 2.62. The molecule has 0 radical (unpaired) electrons. The van der Waals surface area contributed by atoms with E-state index < -0.39 is 5.97 Å². The van der Waals surface area contributed by atoms with Crippen LogP contribution in [0.4, 0.5) is 0 Å². The monoisotopic (exact) mass is 217 g/mol. The number of hydrogen-bond donors (Lipinski definition) is 1. The Hall–Kier alpha value is -2.17. The minimum absolute atomic E-state index is 0.00644. The largest absolute Gasteiger partial charge is 0.476 e. The minimum Gasteiger partial charge on any atom is -0.476 e. The maximum Gasteiger partial charge on any atom is 0.358 e. The Kier molecular flexibility index (Phi) is 2.68. The van der Waals surface area contributed by atoms with Gasteiger partial charge in [-0.15, -0.1) is 5.10 Å². The van der Waals surface area contributed by atoms with Gasteiger partial charge in [0.2, 0.25) is 0 Å². The van der Waals surface area contributed by atoms with E-state index in [1.807, 2.05) is 37.3 Å². The number of aromatic nitrogens is 3. The van der Waals surface area contributed by atoms with Gasteiger partial charge in [-0.2, -0.15) is 0 Å². The van der Waals surface area contributed by atoms with E-state index in [4.69, 9.17) is 5.11 Å². The highest BCUT2D eigenvalue weighted by molar-refractivity contribution is 5.92. The first kappa shape index (κ1) is 10.4. The van der Waals surface area contributed by atoms with Gasteiger partial charge in [0.05, 0.1) is 0 Å². The Morgan fingerprint density at radius 2 is 2.06 bits per heavy atom. The van der Waals surface area contributed by atoms with Gasteiger partial charge >= 0.3 is 5.97 Å². The van der Waals surface area contributed by atoms with Crippen molar-refractivity contribution in [1.29, 1.82) is 0 Å². The van der Waals surface area contributed by atoms with Crippen LogP contribution in [0.5, 0.6) is 0 Å². The van der Waals surface area contributed by atoms with Crippen LogP contribution in [0.1, 0.15) is 17.4 Å². The SMILES string of the molecule is CCn1nnc(C(=O)O)c1-c1ccccc1. The lowest BCUT2D eigenvalue weighted by Crippen LogP contribution is -2.03. The van der Waals surface area contributed by atoms with Gasteiger partial charge in [0.1, 0.15) is 5.69 Å². The summed E-state index contributed by atoms with van der Waals surface area (Å²) in [6.07, 6.45) is 0. The van der Waals surface area contributed by atoms with Gasteiger partial charge in [0.15, 0.2) is 5.69 Å². The van der Waals surface area contributed by atoms with Crippen molar-refractivity contribution < 1.29 is 9.90 Å². The molecule has 0 amide bonds. The number of carboxylic acid groups (broad SMARTS) is 1. The maximum atomic E-state index is 11.0. The summed E-state index contributed by atoms with van der Waals surface area (Å²) in [4.78, 5) is 11.0. The van der Waals surface area contributed by atoms with Gasteiger partial charge < -0.3 is 5.11 Å². The van der Waals surface area contributed by atoms with Crippen LogP contribution in [0.2, 0.25) is 0 Å². The van der Waals surface area contributed by atoms with Crippen LogP contribution in [0.25, 0.3) is 11.3 Å².